The number of hydrogen-bond donors (Lipinski definition) is 2. The number of nitrogens with two attached hydrogens (primary N) is 1. The van der Waals surface area contributed by atoms with E-state index in [1.54, 1.807) is 0 Å². The van der Waals surface area contributed by atoms with Gasteiger partial charge in [0.2, 0.25) is 0 Å². The molecule has 2 saturated carbocycles. The zero-order valence-electron chi connectivity index (χ0n) is 13.7. The van der Waals surface area contributed by atoms with Crippen LogP contribution in [0, 0.1) is 12.8 Å². The maximum Gasteiger partial charge on any atom is 0.259 e. The number of aryl methyl sites for hydroxylation is 1. The van der Waals surface area contributed by atoms with Gasteiger partial charge in [0.15, 0.2) is 0 Å². The molecule has 2 aliphatic carbocycles. The van der Waals surface area contributed by atoms with Crippen molar-refractivity contribution in [3.63, 3.8) is 0 Å². The lowest BCUT2D eigenvalue weighted by Gasteiger charge is -2.19. The molecular formula is C17H23ClN4O2. The van der Waals surface area contributed by atoms with Crippen LogP contribution in [0.15, 0.2) is 10.6 Å². The number of pyridine rings is 1. The van der Waals surface area contributed by atoms with Gasteiger partial charge in [-0.1, -0.05) is 11.6 Å². The van der Waals surface area contributed by atoms with Crippen molar-refractivity contribution in [2.75, 3.05) is 6.54 Å². The van der Waals surface area contributed by atoms with Gasteiger partial charge in [-0.2, -0.15) is 0 Å². The molecule has 2 aromatic rings. The van der Waals surface area contributed by atoms with E-state index in [0.29, 0.717) is 35.4 Å². The fourth-order valence-electron chi connectivity index (χ4n) is 3.64. The first-order chi connectivity index (χ1) is 11.2. The van der Waals surface area contributed by atoms with Crippen molar-refractivity contribution in [2.24, 2.45) is 11.7 Å². The Kier molecular flexibility index (Phi) is 4.78. The Morgan fingerprint density at radius 3 is 2.88 bits per heavy atom. The quantitative estimate of drug-likeness (QED) is 0.884. The van der Waals surface area contributed by atoms with Gasteiger partial charge >= 0.3 is 0 Å². The summed E-state index contributed by atoms with van der Waals surface area (Å²) < 4.78 is 5.31. The summed E-state index contributed by atoms with van der Waals surface area (Å²) in [6.07, 6.45) is 5.47. The van der Waals surface area contributed by atoms with Crippen LogP contribution in [-0.4, -0.2) is 28.6 Å². The summed E-state index contributed by atoms with van der Waals surface area (Å²) in [6, 6.07) is 2.09. The molecule has 1 amide bonds. The minimum Gasteiger partial charge on any atom is -0.349 e. The number of carbonyl (C=O) groups excluding carboxylic acids is 1. The number of fused-ring (bicyclic) bond motifs is 1. The van der Waals surface area contributed by atoms with E-state index >= 15 is 0 Å². The molecule has 2 heterocycles. The monoisotopic (exact) mass is 350 g/mol. The van der Waals surface area contributed by atoms with Crippen molar-refractivity contribution >= 4 is 29.4 Å². The van der Waals surface area contributed by atoms with E-state index in [1.165, 1.54) is 0 Å². The van der Waals surface area contributed by atoms with Crippen molar-refractivity contribution in [2.45, 2.75) is 51.0 Å². The van der Waals surface area contributed by atoms with E-state index in [9.17, 15) is 4.79 Å². The zero-order chi connectivity index (χ0) is 16.0. The highest BCUT2D eigenvalue weighted by atomic mass is 35.5. The molecule has 2 atom stereocenters. The number of halogens is 1. The van der Waals surface area contributed by atoms with Gasteiger partial charge in [-0.3, -0.25) is 4.79 Å². The second-order valence-corrected chi connectivity index (χ2v) is 6.82. The van der Waals surface area contributed by atoms with Gasteiger partial charge < -0.3 is 15.6 Å². The minimum atomic E-state index is -0.0593. The van der Waals surface area contributed by atoms with E-state index in [4.69, 9.17) is 10.3 Å². The van der Waals surface area contributed by atoms with Crippen molar-refractivity contribution < 1.29 is 9.32 Å². The second kappa shape index (κ2) is 6.69. The van der Waals surface area contributed by atoms with E-state index in [2.05, 4.69) is 15.5 Å². The third-order valence-corrected chi connectivity index (χ3v) is 5.16. The van der Waals surface area contributed by atoms with Crippen LogP contribution in [0.4, 0.5) is 0 Å². The molecule has 130 valence electrons. The van der Waals surface area contributed by atoms with Gasteiger partial charge in [0.25, 0.3) is 11.6 Å². The molecule has 0 aromatic carbocycles. The zero-order valence-corrected chi connectivity index (χ0v) is 14.6. The Morgan fingerprint density at radius 2 is 2.17 bits per heavy atom. The van der Waals surface area contributed by atoms with Crippen LogP contribution in [-0.2, 0) is 0 Å². The molecule has 2 aromatic heterocycles. The summed E-state index contributed by atoms with van der Waals surface area (Å²) in [5.74, 6) is 0.776. The van der Waals surface area contributed by atoms with Crippen molar-refractivity contribution in [1.82, 2.24) is 15.5 Å². The molecule has 2 unspecified atom stereocenters. The largest absolute Gasteiger partial charge is 0.349 e. The summed E-state index contributed by atoms with van der Waals surface area (Å²) in [6.45, 7) is 2.47. The molecule has 2 aliphatic rings. The predicted molar refractivity (Wildman–Crippen MR) is 93.4 cm³/mol. The third-order valence-electron chi connectivity index (χ3n) is 5.16. The maximum absolute atomic E-state index is 12.9. The first-order valence-electron chi connectivity index (χ1n) is 8.45. The SMILES string of the molecule is Cc1noc2nc(C3CC3)cc(C(=O)NC3CCCC3CN)c12.Cl. The molecule has 7 heteroatoms. The number of nitrogens with one attached hydrogen (secondary N) is 1. The summed E-state index contributed by atoms with van der Waals surface area (Å²) in [4.78, 5) is 17.4. The number of hydrogen-bond acceptors (Lipinski definition) is 5. The fraction of sp³-hybridized carbons (Fsp3) is 0.588. The van der Waals surface area contributed by atoms with E-state index in [-0.39, 0.29) is 24.4 Å². The Hall–Kier alpha value is -1.66. The second-order valence-electron chi connectivity index (χ2n) is 6.82. The first kappa shape index (κ1) is 17.2. The lowest BCUT2D eigenvalue weighted by Crippen LogP contribution is -2.40. The molecule has 0 aliphatic heterocycles. The highest BCUT2D eigenvalue weighted by Gasteiger charge is 2.31. The van der Waals surface area contributed by atoms with Crippen LogP contribution >= 0.6 is 12.4 Å². The normalized spacial score (nSPS) is 23.2. The topological polar surface area (TPSA) is 94.0 Å². The third kappa shape index (κ3) is 3.00. The van der Waals surface area contributed by atoms with Crippen LogP contribution in [0.3, 0.4) is 0 Å². The number of rotatable bonds is 4. The highest BCUT2D eigenvalue weighted by molar-refractivity contribution is 6.06. The average Bonchev–Trinajstić information content (AvgIpc) is 3.21. The fourth-order valence-corrected chi connectivity index (χ4v) is 3.64. The summed E-state index contributed by atoms with van der Waals surface area (Å²) >= 11 is 0. The lowest BCUT2D eigenvalue weighted by atomic mass is 10.0. The molecule has 2 fully saturated rings. The predicted octanol–water partition coefficient (Wildman–Crippen LogP) is 2.69. The molecule has 24 heavy (non-hydrogen) atoms. The van der Waals surface area contributed by atoms with Crippen LogP contribution in [0.1, 0.15) is 59.8 Å². The minimum absolute atomic E-state index is 0. The van der Waals surface area contributed by atoms with Crippen molar-refractivity contribution in [1.29, 1.82) is 0 Å². The number of amides is 1. The number of nitrogens with zero attached hydrogens (tertiary/aromatic N) is 2. The molecule has 0 bridgehead atoms. The van der Waals surface area contributed by atoms with Gasteiger partial charge in [0.1, 0.15) is 0 Å². The molecule has 6 nitrogen and oxygen atoms in total. The van der Waals surface area contributed by atoms with E-state index < -0.39 is 0 Å². The number of aromatic nitrogens is 2. The lowest BCUT2D eigenvalue weighted by molar-refractivity contribution is 0.0930. The molecule has 3 N–H and O–H groups in total. The average molecular weight is 351 g/mol. The van der Waals surface area contributed by atoms with Crippen molar-refractivity contribution in [3.8, 4) is 0 Å². The smallest absolute Gasteiger partial charge is 0.259 e. The van der Waals surface area contributed by atoms with E-state index in [1.807, 2.05) is 13.0 Å². The maximum atomic E-state index is 12.9. The Balaban J connectivity index is 0.00000169. The standard InChI is InChI=1S/C17H22N4O2.ClH/c1-9-15-12(16(22)19-13-4-2-3-11(13)8-18)7-14(10-5-6-10)20-17(15)23-21-9;/h7,10-11,13H,2-6,8,18H2,1H3,(H,19,22);1H. The van der Waals surface area contributed by atoms with Crippen LogP contribution in [0.2, 0.25) is 0 Å². The molecule has 0 spiro atoms. The highest BCUT2D eigenvalue weighted by Crippen LogP contribution is 2.40. The summed E-state index contributed by atoms with van der Waals surface area (Å²) in [7, 11) is 0. The first-order valence-corrected chi connectivity index (χ1v) is 8.45. The van der Waals surface area contributed by atoms with Gasteiger partial charge in [-0.15, -0.1) is 12.4 Å². The van der Waals surface area contributed by atoms with Gasteiger partial charge in [0, 0.05) is 17.7 Å². The molecule has 0 radical (unpaired) electrons. The number of carbonyl (C=O) groups is 1. The summed E-state index contributed by atoms with van der Waals surface area (Å²) in [5, 5.41) is 7.89. The Bertz CT molecular complexity index is 756. The summed E-state index contributed by atoms with van der Waals surface area (Å²) in [5.41, 5.74) is 8.59. The Labute approximate surface area is 147 Å². The molecular weight excluding hydrogens is 328 g/mol. The van der Waals surface area contributed by atoms with Crippen molar-refractivity contribution in [3.05, 3.63) is 23.0 Å². The van der Waals surface area contributed by atoms with Gasteiger partial charge in [0.05, 0.1) is 16.6 Å². The van der Waals surface area contributed by atoms with Gasteiger partial charge in [-0.05, 0) is 51.1 Å². The van der Waals surface area contributed by atoms with Crippen LogP contribution in [0.25, 0.3) is 11.1 Å². The van der Waals surface area contributed by atoms with Crippen LogP contribution < -0.4 is 11.1 Å². The van der Waals surface area contributed by atoms with E-state index in [0.717, 1.165) is 43.2 Å². The Morgan fingerprint density at radius 1 is 1.38 bits per heavy atom. The van der Waals surface area contributed by atoms with Gasteiger partial charge in [-0.25, -0.2) is 4.98 Å². The molecule has 0 saturated heterocycles. The van der Waals surface area contributed by atoms with Crippen LogP contribution in [0.5, 0.6) is 0 Å². The molecule has 4 rings (SSSR count).